The highest BCUT2D eigenvalue weighted by Gasteiger charge is 1.99. The first-order valence-corrected chi connectivity index (χ1v) is 5.03. The van der Waals surface area contributed by atoms with Crippen LogP contribution in [-0.4, -0.2) is 0 Å². The quantitative estimate of drug-likeness (QED) is 0.612. The van der Waals surface area contributed by atoms with Gasteiger partial charge in [0.05, 0.1) is 0 Å². The fourth-order valence-corrected chi connectivity index (χ4v) is 1.58. The average molecular weight is 174 g/mol. The highest BCUT2D eigenvalue weighted by atomic mass is 14.0. The van der Waals surface area contributed by atoms with E-state index in [1.807, 2.05) is 6.08 Å². The van der Waals surface area contributed by atoms with Crippen LogP contribution in [0.15, 0.2) is 30.9 Å². The van der Waals surface area contributed by atoms with Crippen LogP contribution in [0, 0.1) is 0 Å². The van der Waals surface area contributed by atoms with E-state index in [1.165, 1.54) is 16.7 Å². The van der Waals surface area contributed by atoms with E-state index in [0.29, 0.717) is 0 Å². The van der Waals surface area contributed by atoms with Crippen LogP contribution in [0.2, 0.25) is 0 Å². The SMILES string of the molecule is C=CCc1ccc(CC)cc1CC. The summed E-state index contributed by atoms with van der Waals surface area (Å²) in [6, 6.07) is 6.77. The van der Waals surface area contributed by atoms with Gasteiger partial charge >= 0.3 is 0 Å². The zero-order valence-corrected chi connectivity index (χ0v) is 8.64. The van der Waals surface area contributed by atoms with E-state index in [9.17, 15) is 0 Å². The Balaban J connectivity index is 3.00. The molecule has 0 aliphatic rings. The Bertz CT molecular complexity index is 284. The van der Waals surface area contributed by atoms with Gasteiger partial charge in [-0.3, -0.25) is 0 Å². The van der Waals surface area contributed by atoms with Crippen molar-refractivity contribution in [2.45, 2.75) is 33.1 Å². The molecular weight excluding hydrogens is 156 g/mol. The molecule has 0 heterocycles. The monoisotopic (exact) mass is 174 g/mol. The van der Waals surface area contributed by atoms with E-state index in [4.69, 9.17) is 0 Å². The van der Waals surface area contributed by atoms with E-state index < -0.39 is 0 Å². The first-order chi connectivity index (χ1) is 6.31. The van der Waals surface area contributed by atoms with Gasteiger partial charge in [-0.15, -0.1) is 6.58 Å². The minimum absolute atomic E-state index is 0.993. The van der Waals surface area contributed by atoms with Crippen molar-refractivity contribution in [2.75, 3.05) is 0 Å². The zero-order valence-electron chi connectivity index (χ0n) is 8.64. The van der Waals surface area contributed by atoms with Gasteiger partial charge in [-0.25, -0.2) is 0 Å². The van der Waals surface area contributed by atoms with Crippen molar-refractivity contribution in [1.82, 2.24) is 0 Å². The summed E-state index contributed by atoms with van der Waals surface area (Å²) in [7, 11) is 0. The van der Waals surface area contributed by atoms with Crippen molar-refractivity contribution in [1.29, 1.82) is 0 Å². The third-order valence-electron chi connectivity index (χ3n) is 2.42. The van der Waals surface area contributed by atoms with E-state index >= 15 is 0 Å². The fraction of sp³-hybridized carbons (Fsp3) is 0.385. The van der Waals surface area contributed by atoms with E-state index in [-0.39, 0.29) is 0 Å². The molecule has 0 nitrogen and oxygen atoms in total. The lowest BCUT2D eigenvalue weighted by Gasteiger charge is -2.07. The second kappa shape index (κ2) is 4.86. The molecule has 0 amide bonds. The highest BCUT2D eigenvalue weighted by Crippen LogP contribution is 2.14. The Hall–Kier alpha value is -1.04. The topological polar surface area (TPSA) is 0 Å². The lowest BCUT2D eigenvalue weighted by atomic mass is 9.99. The van der Waals surface area contributed by atoms with Crippen LogP contribution < -0.4 is 0 Å². The maximum Gasteiger partial charge on any atom is -0.00974 e. The van der Waals surface area contributed by atoms with Gasteiger partial charge in [-0.1, -0.05) is 38.1 Å². The van der Waals surface area contributed by atoms with Gasteiger partial charge in [-0.05, 0) is 36.0 Å². The van der Waals surface area contributed by atoms with E-state index in [2.05, 4.69) is 38.6 Å². The Labute approximate surface area is 81.3 Å². The van der Waals surface area contributed by atoms with Crippen LogP contribution in [0.1, 0.15) is 30.5 Å². The largest absolute Gasteiger partial charge is 0.103 e. The second-order valence-corrected chi connectivity index (χ2v) is 3.30. The lowest BCUT2D eigenvalue weighted by molar-refractivity contribution is 1.05. The molecule has 0 radical (unpaired) electrons. The number of hydrogen-bond donors (Lipinski definition) is 0. The molecule has 0 N–H and O–H groups in total. The summed E-state index contributed by atoms with van der Waals surface area (Å²) >= 11 is 0. The number of rotatable bonds is 4. The predicted molar refractivity (Wildman–Crippen MR) is 59.1 cm³/mol. The summed E-state index contributed by atoms with van der Waals surface area (Å²) in [6.45, 7) is 8.18. The second-order valence-electron chi connectivity index (χ2n) is 3.30. The number of aryl methyl sites for hydroxylation is 2. The molecule has 0 spiro atoms. The van der Waals surface area contributed by atoms with Gasteiger partial charge in [-0.2, -0.15) is 0 Å². The minimum Gasteiger partial charge on any atom is -0.103 e. The van der Waals surface area contributed by atoms with Gasteiger partial charge in [0.25, 0.3) is 0 Å². The minimum atomic E-state index is 0.993. The van der Waals surface area contributed by atoms with Gasteiger partial charge < -0.3 is 0 Å². The Morgan fingerprint density at radius 1 is 1.15 bits per heavy atom. The molecule has 70 valence electrons. The van der Waals surface area contributed by atoms with Crippen molar-refractivity contribution < 1.29 is 0 Å². The Morgan fingerprint density at radius 2 is 1.92 bits per heavy atom. The molecular formula is C13H18. The molecule has 0 aromatic heterocycles. The first kappa shape index (κ1) is 10.0. The molecule has 0 bridgehead atoms. The summed E-state index contributed by atoms with van der Waals surface area (Å²) in [4.78, 5) is 0. The molecule has 0 fully saturated rings. The molecule has 0 aliphatic carbocycles. The normalized spacial score (nSPS) is 10.0. The third kappa shape index (κ3) is 2.45. The third-order valence-corrected chi connectivity index (χ3v) is 2.42. The summed E-state index contributed by atoms with van der Waals surface area (Å²) < 4.78 is 0. The van der Waals surface area contributed by atoms with Crippen LogP contribution in [0.3, 0.4) is 0 Å². The molecule has 0 saturated carbocycles. The van der Waals surface area contributed by atoms with Crippen LogP contribution in [0.5, 0.6) is 0 Å². The molecule has 13 heavy (non-hydrogen) atoms. The molecule has 1 rings (SSSR count). The fourth-order valence-electron chi connectivity index (χ4n) is 1.58. The highest BCUT2D eigenvalue weighted by molar-refractivity contribution is 5.33. The molecule has 1 aromatic carbocycles. The van der Waals surface area contributed by atoms with Crippen molar-refractivity contribution in [3.8, 4) is 0 Å². The molecule has 0 atom stereocenters. The van der Waals surface area contributed by atoms with Crippen molar-refractivity contribution in [2.24, 2.45) is 0 Å². The predicted octanol–water partition coefficient (Wildman–Crippen LogP) is 3.54. The maximum absolute atomic E-state index is 3.77. The van der Waals surface area contributed by atoms with Gasteiger partial charge in [0.2, 0.25) is 0 Å². The van der Waals surface area contributed by atoms with E-state index in [1.54, 1.807) is 0 Å². The van der Waals surface area contributed by atoms with E-state index in [0.717, 1.165) is 19.3 Å². The van der Waals surface area contributed by atoms with Gasteiger partial charge in [0, 0.05) is 0 Å². The Morgan fingerprint density at radius 3 is 2.46 bits per heavy atom. The maximum atomic E-state index is 3.77. The van der Waals surface area contributed by atoms with Crippen molar-refractivity contribution in [3.05, 3.63) is 47.5 Å². The lowest BCUT2D eigenvalue weighted by Crippen LogP contribution is -1.93. The molecule has 0 aliphatic heterocycles. The summed E-state index contributed by atoms with van der Waals surface area (Å²) in [5.41, 5.74) is 4.33. The van der Waals surface area contributed by atoms with Gasteiger partial charge in [0.1, 0.15) is 0 Å². The molecule has 0 heteroatoms. The Kier molecular flexibility index (Phi) is 3.75. The standard InChI is InChI=1S/C13H18/c1-4-7-13-9-8-11(5-2)10-12(13)6-3/h4,8-10H,1,5-7H2,2-3H3. The number of benzene rings is 1. The van der Waals surface area contributed by atoms with Crippen molar-refractivity contribution in [3.63, 3.8) is 0 Å². The summed E-state index contributed by atoms with van der Waals surface area (Å²) in [5, 5.41) is 0. The van der Waals surface area contributed by atoms with Crippen LogP contribution in [0.25, 0.3) is 0 Å². The van der Waals surface area contributed by atoms with Crippen LogP contribution in [0.4, 0.5) is 0 Å². The molecule has 1 aromatic rings. The van der Waals surface area contributed by atoms with Gasteiger partial charge in [0.15, 0.2) is 0 Å². The summed E-state index contributed by atoms with van der Waals surface area (Å²) in [6.07, 6.45) is 5.21. The first-order valence-electron chi connectivity index (χ1n) is 5.03. The molecule has 0 saturated heterocycles. The van der Waals surface area contributed by atoms with Crippen molar-refractivity contribution >= 4 is 0 Å². The zero-order chi connectivity index (χ0) is 9.68. The number of hydrogen-bond acceptors (Lipinski definition) is 0. The smallest absolute Gasteiger partial charge is 0.00974 e. The number of allylic oxidation sites excluding steroid dienone is 1. The summed E-state index contributed by atoms with van der Waals surface area (Å²) in [5.74, 6) is 0. The average Bonchev–Trinajstić information content (AvgIpc) is 2.19. The van der Waals surface area contributed by atoms with Crippen LogP contribution in [-0.2, 0) is 19.3 Å². The van der Waals surface area contributed by atoms with Crippen LogP contribution >= 0.6 is 0 Å². The molecule has 0 unspecified atom stereocenters.